The Morgan fingerprint density at radius 2 is 1.89 bits per heavy atom. The summed E-state index contributed by atoms with van der Waals surface area (Å²) in [6.07, 6.45) is 3.35. The molecule has 0 aromatic heterocycles. The van der Waals surface area contributed by atoms with E-state index in [-0.39, 0.29) is 11.3 Å². The molecule has 1 aliphatic rings. The minimum absolute atomic E-state index is 0.181. The molecule has 7 heteroatoms. The highest BCUT2D eigenvalue weighted by Gasteiger charge is 2.27. The summed E-state index contributed by atoms with van der Waals surface area (Å²) < 4.78 is 27.6. The highest BCUT2D eigenvalue weighted by atomic mass is 127. The zero-order valence-electron chi connectivity index (χ0n) is 9.78. The Balaban J connectivity index is 2.09. The first kappa shape index (κ1) is 14.5. The Hall–Kier alpha value is -0.930. The van der Waals surface area contributed by atoms with Gasteiger partial charge in [0.15, 0.2) is 0 Å². The molecule has 5 nitrogen and oxygen atoms in total. The molecule has 0 fully saturated rings. The van der Waals surface area contributed by atoms with Gasteiger partial charge in [0.05, 0.1) is 10.8 Å². The van der Waals surface area contributed by atoms with Crippen LogP contribution in [0.5, 0.6) is 0 Å². The van der Waals surface area contributed by atoms with Crippen LogP contribution >= 0.6 is 22.6 Å². The van der Waals surface area contributed by atoms with E-state index in [0.29, 0.717) is 0 Å². The predicted molar refractivity (Wildman–Crippen MR) is 78.2 cm³/mol. The van der Waals surface area contributed by atoms with Gasteiger partial charge in [0.25, 0.3) is 0 Å². The second-order valence-corrected chi connectivity index (χ2v) is 7.21. The lowest BCUT2D eigenvalue weighted by molar-refractivity contribution is -0.140. The zero-order chi connectivity index (χ0) is 14.0. The van der Waals surface area contributed by atoms with Gasteiger partial charge in [0.2, 0.25) is 10.0 Å². The highest BCUT2D eigenvalue weighted by molar-refractivity contribution is 14.1. The van der Waals surface area contributed by atoms with Gasteiger partial charge in [0, 0.05) is 9.61 Å². The number of halogens is 1. The largest absolute Gasteiger partial charge is 0.481 e. The fourth-order valence-corrected chi connectivity index (χ4v) is 3.41. The smallest absolute Gasteiger partial charge is 0.310 e. The summed E-state index contributed by atoms with van der Waals surface area (Å²) in [5, 5.41) is 8.85. The van der Waals surface area contributed by atoms with E-state index in [1.54, 1.807) is 18.2 Å². The number of nitrogens with one attached hydrogen (secondary N) is 1. The molecule has 0 heterocycles. The molecule has 102 valence electrons. The Morgan fingerprint density at radius 1 is 1.26 bits per heavy atom. The van der Waals surface area contributed by atoms with Crippen LogP contribution in [-0.4, -0.2) is 25.5 Å². The van der Waals surface area contributed by atoms with Crippen molar-refractivity contribution in [3.05, 3.63) is 40.0 Å². The van der Waals surface area contributed by atoms with Crippen LogP contribution in [-0.2, 0) is 14.8 Å². The third-order valence-corrected chi connectivity index (χ3v) is 5.06. The minimum Gasteiger partial charge on any atom is -0.481 e. The van der Waals surface area contributed by atoms with Crippen molar-refractivity contribution in [3.63, 3.8) is 0 Å². The van der Waals surface area contributed by atoms with Crippen molar-refractivity contribution in [3.8, 4) is 0 Å². The Morgan fingerprint density at radius 3 is 2.42 bits per heavy atom. The lowest BCUT2D eigenvalue weighted by Crippen LogP contribution is -2.33. The molecule has 0 bridgehead atoms. The molecular weight excluding hydrogens is 381 g/mol. The molecule has 2 atom stereocenters. The molecule has 2 rings (SSSR count). The van der Waals surface area contributed by atoms with E-state index in [1.165, 1.54) is 18.2 Å². The first-order valence-electron chi connectivity index (χ1n) is 5.57. The summed E-state index contributed by atoms with van der Waals surface area (Å²) in [5.41, 5.74) is 0. The van der Waals surface area contributed by atoms with Gasteiger partial charge in [-0.05, 0) is 53.3 Å². The van der Waals surface area contributed by atoms with Crippen LogP contribution in [0.25, 0.3) is 0 Å². The molecule has 0 aliphatic heterocycles. The van der Waals surface area contributed by atoms with Crippen LogP contribution in [0.1, 0.15) is 6.42 Å². The number of carboxylic acids is 1. The number of hydrogen-bond donors (Lipinski definition) is 2. The maximum absolute atomic E-state index is 12.1. The van der Waals surface area contributed by atoms with Crippen molar-refractivity contribution >= 4 is 38.6 Å². The van der Waals surface area contributed by atoms with E-state index < -0.39 is 28.0 Å². The first-order valence-corrected chi connectivity index (χ1v) is 8.14. The van der Waals surface area contributed by atoms with Crippen molar-refractivity contribution in [1.29, 1.82) is 0 Å². The van der Waals surface area contributed by atoms with Gasteiger partial charge < -0.3 is 5.11 Å². The number of benzene rings is 1. The van der Waals surface area contributed by atoms with Crippen LogP contribution < -0.4 is 4.72 Å². The van der Waals surface area contributed by atoms with Crippen LogP contribution in [0.4, 0.5) is 0 Å². The van der Waals surface area contributed by atoms with E-state index in [4.69, 9.17) is 5.11 Å². The third kappa shape index (κ3) is 3.54. The van der Waals surface area contributed by atoms with Crippen LogP contribution in [0.15, 0.2) is 41.3 Å². The van der Waals surface area contributed by atoms with E-state index >= 15 is 0 Å². The van der Waals surface area contributed by atoms with Crippen molar-refractivity contribution in [1.82, 2.24) is 4.72 Å². The summed E-state index contributed by atoms with van der Waals surface area (Å²) in [4.78, 5) is 11.0. The lowest BCUT2D eigenvalue weighted by Gasteiger charge is -2.12. The third-order valence-electron chi connectivity index (χ3n) is 2.83. The normalized spacial score (nSPS) is 22.6. The van der Waals surface area contributed by atoms with Crippen molar-refractivity contribution < 1.29 is 18.3 Å². The molecule has 1 aromatic carbocycles. The SMILES string of the molecule is O=C(O)C1C=CC(NS(=O)(=O)c2ccc(I)cc2)C1. The average Bonchev–Trinajstić information content (AvgIpc) is 2.77. The summed E-state index contributed by atoms with van der Waals surface area (Å²) in [6, 6.07) is 6.00. The van der Waals surface area contributed by atoms with Gasteiger partial charge in [0.1, 0.15) is 0 Å². The Labute approximate surface area is 124 Å². The van der Waals surface area contributed by atoms with E-state index in [0.717, 1.165) is 3.57 Å². The number of carboxylic acid groups (broad SMARTS) is 1. The van der Waals surface area contributed by atoms with Gasteiger partial charge in [-0.1, -0.05) is 12.2 Å². The molecule has 19 heavy (non-hydrogen) atoms. The zero-order valence-corrected chi connectivity index (χ0v) is 12.8. The molecule has 2 unspecified atom stereocenters. The predicted octanol–water partition coefficient (Wildman–Crippen LogP) is 1.60. The molecule has 0 amide bonds. The molecule has 0 saturated carbocycles. The summed E-state index contributed by atoms with van der Waals surface area (Å²) >= 11 is 2.09. The quantitative estimate of drug-likeness (QED) is 0.602. The molecule has 0 spiro atoms. The topological polar surface area (TPSA) is 83.5 Å². The molecular formula is C12H12INO4S. The summed E-state index contributed by atoms with van der Waals surface area (Å²) in [5.74, 6) is -1.56. The van der Waals surface area contributed by atoms with E-state index in [1.807, 2.05) is 0 Å². The van der Waals surface area contributed by atoms with Gasteiger partial charge in [-0.15, -0.1) is 0 Å². The first-order chi connectivity index (χ1) is 8.88. The molecule has 1 aliphatic carbocycles. The Kier molecular flexibility index (Phi) is 4.26. The maximum Gasteiger partial charge on any atom is 0.310 e. The fraction of sp³-hybridized carbons (Fsp3) is 0.250. The maximum atomic E-state index is 12.1. The Bertz CT molecular complexity index is 609. The van der Waals surface area contributed by atoms with Gasteiger partial charge in [-0.25, -0.2) is 13.1 Å². The number of hydrogen-bond acceptors (Lipinski definition) is 3. The molecule has 0 saturated heterocycles. The fourth-order valence-electron chi connectivity index (χ4n) is 1.85. The molecule has 2 N–H and O–H groups in total. The lowest BCUT2D eigenvalue weighted by atomic mass is 10.1. The van der Waals surface area contributed by atoms with E-state index in [2.05, 4.69) is 27.3 Å². The standard InChI is InChI=1S/C12H12INO4S/c13-9-2-5-11(6-3-9)19(17,18)14-10-4-1-8(7-10)12(15)16/h1-6,8,10,14H,7H2,(H,15,16). The van der Waals surface area contributed by atoms with Crippen LogP contribution in [0.3, 0.4) is 0 Å². The molecule has 0 radical (unpaired) electrons. The van der Waals surface area contributed by atoms with Gasteiger partial charge in [-0.3, -0.25) is 4.79 Å². The minimum atomic E-state index is -3.61. The average molecular weight is 393 g/mol. The second kappa shape index (κ2) is 5.59. The highest BCUT2D eigenvalue weighted by Crippen LogP contribution is 2.20. The number of carbonyl (C=O) groups is 1. The van der Waals surface area contributed by atoms with Gasteiger partial charge in [-0.2, -0.15) is 0 Å². The number of sulfonamides is 1. The second-order valence-electron chi connectivity index (χ2n) is 4.25. The number of rotatable bonds is 4. The van der Waals surface area contributed by atoms with Crippen molar-refractivity contribution in [2.75, 3.05) is 0 Å². The summed E-state index contributed by atoms with van der Waals surface area (Å²) in [7, 11) is -3.61. The van der Waals surface area contributed by atoms with Gasteiger partial charge >= 0.3 is 5.97 Å². The van der Waals surface area contributed by atoms with Crippen LogP contribution in [0.2, 0.25) is 0 Å². The van der Waals surface area contributed by atoms with Crippen molar-refractivity contribution in [2.24, 2.45) is 5.92 Å². The number of aliphatic carboxylic acids is 1. The monoisotopic (exact) mass is 393 g/mol. The molecule has 1 aromatic rings. The van der Waals surface area contributed by atoms with Crippen molar-refractivity contribution in [2.45, 2.75) is 17.4 Å². The van der Waals surface area contributed by atoms with Crippen LogP contribution in [0, 0.1) is 9.49 Å². The summed E-state index contributed by atoms with van der Waals surface area (Å²) in [6.45, 7) is 0. The van der Waals surface area contributed by atoms with E-state index in [9.17, 15) is 13.2 Å².